The molecule has 1 aliphatic rings. The lowest BCUT2D eigenvalue weighted by Crippen LogP contribution is -2.27. The van der Waals surface area contributed by atoms with Crippen LogP contribution in [0.3, 0.4) is 0 Å². The van der Waals surface area contributed by atoms with Crippen molar-refractivity contribution in [2.24, 2.45) is 0 Å². The first-order valence-electron chi connectivity index (χ1n) is 6.10. The second kappa shape index (κ2) is 5.46. The number of carbonyl (C=O) groups is 1. The molecule has 2 aromatic carbocycles. The molecule has 1 saturated heterocycles. The molecule has 0 radical (unpaired) electrons. The smallest absolute Gasteiger partial charge is 0.238 e. The van der Waals surface area contributed by atoms with Crippen molar-refractivity contribution in [1.82, 2.24) is 0 Å². The molecule has 20 heavy (non-hydrogen) atoms. The lowest BCUT2D eigenvalue weighted by atomic mass is 10.2. The Morgan fingerprint density at radius 2 is 1.75 bits per heavy atom. The molecule has 0 bridgehead atoms. The number of benzene rings is 2. The van der Waals surface area contributed by atoms with Gasteiger partial charge in [0, 0.05) is 10.7 Å². The van der Waals surface area contributed by atoms with Crippen LogP contribution in [0.2, 0.25) is 5.02 Å². The highest BCUT2D eigenvalue weighted by Gasteiger charge is 2.33. The molecule has 1 atom stereocenters. The van der Waals surface area contributed by atoms with Gasteiger partial charge in [-0.2, -0.15) is 0 Å². The molecule has 1 fully saturated rings. The molecule has 0 aliphatic carbocycles. The van der Waals surface area contributed by atoms with E-state index < -0.39 is 0 Å². The molecule has 1 amide bonds. The van der Waals surface area contributed by atoms with Gasteiger partial charge in [0.05, 0.1) is 5.75 Å². The minimum atomic E-state index is -0.309. The molecule has 2 aromatic rings. The van der Waals surface area contributed by atoms with Gasteiger partial charge in [-0.3, -0.25) is 9.69 Å². The number of carbonyl (C=O) groups excluding carboxylic acids is 1. The monoisotopic (exact) mass is 307 g/mol. The van der Waals surface area contributed by atoms with Crippen molar-refractivity contribution in [2.45, 2.75) is 5.37 Å². The van der Waals surface area contributed by atoms with Gasteiger partial charge in [0.25, 0.3) is 0 Å². The van der Waals surface area contributed by atoms with E-state index in [9.17, 15) is 9.18 Å². The predicted molar refractivity (Wildman–Crippen MR) is 80.5 cm³/mol. The molecule has 1 aliphatic heterocycles. The number of halogens is 2. The fourth-order valence-corrected chi connectivity index (χ4v) is 3.48. The van der Waals surface area contributed by atoms with Gasteiger partial charge >= 0.3 is 0 Å². The van der Waals surface area contributed by atoms with E-state index >= 15 is 0 Å². The number of nitrogens with zero attached hydrogens (tertiary/aromatic N) is 1. The van der Waals surface area contributed by atoms with Crippen LogP contribution in [0.5, 0.6) is 0 Å². The molecule has 0 spiro atoms. The van der Waals surface area contributed by atoms with Gasteiger partial charge in [0.15, 0.2) is 0 Å². The van der Waals surface area contributed by atoms with Crippen molar-refractivity contribution < 1.29 is 9.18 Å². The van der Waals surface area contributed by atoms with E-state index in [1.54, 1.807) is 28.8 Å². The topological polar surface area (TPSA) is 20.3 Å². The van der Waals surface area contributed by atoms with Gasteiger partial charge in [0.1, 0.15) is 11.2 Å². The fraction of sp³-hybridized carbons (Fsp3) is 0.133. The predicted octanol–water partition coefficient (Wildman–Crippen LogP) is 4.26. The molecular weight excluding hydrogens is 297 g/mol. The average molecular weight is 308 g/mol. The summed E-state index contributed by atoms with van der Waals surface area (Å²) in [6.45, 7) is 0. The van der Waals surface area contributed by atoms with Crippen LogP contribution < -0.4 is 4.90 Å². The van der Waals surface area contributed by atoms with Gasteiger partial charge < -0.3 is 0 Å². The number of thioether (sulfide) groups is 1. The molecule has 102 valence electrons. The zero-order valence-corrected chi connectivity index (χ0v) is 12.0. The maximum Gasteiger partial charge on any atom is 0.238 e. The molecule has 2 nitrogen and oxygen atoms in total. The van der Waals surface area contributed by atoms with Crippen LogP contribution in [0, 0.1) is 5.82 Å². The maximum atomic E-state index is 13.0. The van der Waals surface area contributed by atoms with Crippen LogP contribution in [-0.2, 0) is 4.79 Å². The fourth-order valence-electron chi connectivity index (χ4n) is 2.18. The lowest BCUT2D eigenvalue weighted by molar-refractivity contribution is -0.115. The van der Waals surface area contributed by atoms with Gasteiger partial charge in [0.2, 0.25) is 5.91 Å². The standard InChI is InChI=1S/C15H11ClFNOS/c16-11-3-1-10(2-4-11)15-18(14(19)9-20-15)13-7-5-12(17)6-8-13/h1-8,15H,9H2/t15-/m1/s1. The first-order chi connectivity index (χ1) is 9.65. The number of hydrogen-bond acceptors (Lipinski definition) is 2. The molecule has 0 unspecified atom stereocenters. The maximum absolute atomic E-state index is 13.0. The summed E-state index contributed by atoms with van der Waals surface area (Å²) in [5.74, 6) is 0.141. The van der Waals surface area contributed by atoms with E-state index in [0.29, 0.717) is 16.5 Å². The van der Waals surface area contributed by atoms with Crippen LogP contribution >= 0.6 is 23.4 Å². The average Bonchev–Trinajstić information content (AvgIpc) is 2.83. The zero-order chi connectivity index (χ0) is 14.1. The SMILES string of the molecule is O=C1CS[C@H](c2ccc(Cl)cc2)N1c1ccc(F)cc1. The number of hydrogen-bond donors (Lipinski definition) is 0. The highest BCUT2D eigenvalue weighted by molar-refractivity contribution is 8.00. The highest BCUT2D eigenvalue weighted by atomic mass is 35.5. The van der Waals surface area contributed by atoms with Crippen LogP contribution in [0.1, 0.15) is 10.9 Å². The first-order valence-corrected chi connectivity index (χ1v) is 7.52. The molecule has 3 rings (SSSR count). The Bertz CT molecular complexity index is 629. The summed E-state index contributed by atoms with van der Waals surface area (Å²) in [5.41, 5.74) is 1.72. The van der Waals surface area contributed by atoms with Crippen molar-refractivity contribution >= 4 is 35.0 Å². The third-order valence-electron chi connectivity index (χ3n) is 3.13. The summed E-state index contributed by atoms with van der Waals surface area (Å²) in [5, 5.41) is 0.571. The van der Waals surface area contributed by atoms with E-state index in [0.717, 1.165) is 5.56 Å². The third kappa shape index (κ3) is 2.53. The zero-order valence-electron chi connectivity index (χ0n) is 10.4. The van der Waals surface area contributed by atoms with Gasteiger partial charge in [-0.05, 0) is 42.0 Å². The summed E-state index contributed by atoms with van der Waals surface area (Å²) in [6, 6.07) is 13.4. The van der Waals surface area contributed by atoms with Gasteiger partial charge in [-0.25, -0.2) is 4.39 Å². The Morgan fingerprint density at radius 1 is 1.10 bits per heavy atom. The van der Waals surface area contributed by atoms with Gasteiger partial charge in [-0.1, -0.05) is 23.7 Å². The summed E-state index contributed by atoms with van der Waals surface area (Å²) in [7, 11) is 0. The molecule has 0 saturated carbocycles. The van der Waals surface area contributed by atoms with Crippen LogP contribution in [0.4, 0.5) is 10.1 Å². The van der Waals surface area contributed by atoms with Crippen molar-refractivity contribution in [1.29, 1.82) is 0 Å². The van der Waals surface area contributed by atoms with Crippen molar-refractivity contribution in [2.75, 3.05) is 10.7 Å². The van der Waals surface area contributed by atoms with Crippen LogP contribution in [0.25, 0.3) is 0 Å². The van der Waals surface area contributed by atoms with Crippen LogP contribution in [0.15, 0.2) is 48.5 Å². The van der Waals surface area contributed by atoms with E-state index in [1.165, 1.54) is 12.1 Å². The second-order valence-electron chi connectivity index (χ2n) is 4.46. The molecule has 5 heteroatoms. The Balaban J connectivity index is 1.96. The molecule has 0 N–H and O–H groups in total. The van der Waals surface area contributed by atoms with E-state index in [4.69, 9.17) is 11.6 Å². The van der Waals surface area contributed by atoms with Crippen molar-refractivity contribution in [3.63, 3.8) is 0 Å². The molecule has 0 aromatic heterocycles. The minimum absolute atomic E-state index is 0.0292. The molecule has 1 heterocycles. The van der Waals surface area contributed by atoms with E-state index in [-0.39, 0.29) is 17.1 Å². The van der Waals surface area contributed by atoms with Crippen LogP contribution in [-0.4, -0.2) is 11.7 Å². The summed E-state index contributed by atoms with van der Waals surface area (Å²) < 4.78 is 13.0. The lowest BCUT2D eigenvalue weighted by Gasteiger charge is -2.24. The Morgan fingerprint density at radius 3 is 2.40 bits per heavy atom. The summed E-state index contributed by atoms with van der Waals surface area (Å²) >= 11 is 7.44. The second-order valence-corrected chi connectivity index (χ2v) is 5.96. The normalized spacial score (nSPS) is 18.6. The number of anilines is 1. The van der Waals surface area contributed by atoms with Gasteiger partial charge in [-0.15, -0.1) is 11.8 Å². The Hall–Kier alpha value is -1.52. The van der Waals surface area contributed by atoms with Crippen molar-refractivity contribution in [3.8, 4) is 0 Å². The Labute approximate surface area is 125 Å². The third-order valence-corrected chi connectivity index (χ3v) is 4.59. The van der Waals surface area contributed by atoms with E-state index in [1.807, 2.05) is 24.3 Å². The minimum Gasteiger partial charge on any atom is -0.295 e. The first kappa shape index (κ1) is 13.5. The largest absolute Gasteiger partial charge is 0.295 e. The summed E-state index contributed by atoms with van der Waals surface area (Å²) in [6.07, 6.45) is 0. The highest BCUT2D eigenvalue weighted by Crippen LogP contribution is 2.41. The summed E-state index contributed by atoms with van der Waals surface area (Å²) in [4.78, 5) is 13.8. The van der Waals surface area contributed by atoms with Crippen molar-refractivity contribution in [3.05, 3.63) is 64.9 Å². The number of amides is 1. The Kier molecular flexibility index (Phi) is 3.68. The quantitative estimate of drug-likeness (QED) is 0.826. The van der Waals surface area contributed by atoms with E-state index in [2.05, 4.69) is 0 Å². The number of rotatable bonds is 2. The molecular formula is C15H11ClFNOS.